The van der Waals surface area contributed by atoms with Gasteiger partial charge in [-0.15, -0.1) is 0 Å². The summed E-state index contributed by atoms with van der Waals surface area (Å²) < 4.78 is 66.0. The molecule has 0 heterocycles. The molecular formula is C10H10F5NO. The van der Waals surface area contributed by atoms with Crippen molar-refractivity contribution in [3.63, 3.8) is 0 Å². The summed E-state index contributed by atoms with van der Waals surface area (Å²) in [5.74, 6) is -1.44. The minimum Gasteiger partial charge on any atom is -0.435 e. The predicted octanol–water partition coefficient (Wildman–Crippen LogP) is 2.95. The van der Waals surface area contributed by atoms with Crippen molar-refractivity contribution in [2.24, 2.45) is 0 Å². The molecule has 1 aromatic rings. The Labute approximate surface area is 94.4 Å². The molecule has 1 N–H and O–H groups in total. The van der Waals surface area contributed by atoms with Gasteiger partial charge in [0.15, 0.2) is 0 Å². The summed E-state index contributed by atoms with van der Waals surface area (Å²) in [6, 6.07) is 1.15. The zero-order valence-corrected chi connectivity index (χ0v) is 8.76. The number of benzene rings is 1. The average molecular weight is 255 g/mol. The van der Waals surface area contributed by atoms with Crippen LogP contribution in [0.2, 0.25) is 0 Å². The molecular weight excluding hydrogens is 245 g/mol. The molecule has 0 bridgehead atoms. The Kier molecular flexibility index (Phi) is 4.68. The highest BCUT2D eigenvalue weighted by Crippen LogP contribution is 2.26. The Morgan fingerprint density at radius 1 is 1.18 bits per heavy atom. The molecule has 0 fully saturated rings. The van der Waals surface area contributed by atoms with Gasteiger partial charge < -0.3 is 10.1 Å². The number of ether oxygens (including phenoxy) is 1. The van der Waals surface area contributed by atoms with Crippen molar-refractivity contribution in [2.75, 3.05) is 7.05 Å². The van der Waals surface area contributed by atoms with E-state index in [-0.39, 0.29) is 5.56 Å². The lowest BCUT2D eigenvalue weighted by molar-refractivity contribution is -0.0500. The van der Waals surface area contributed by atoms with E-state index in [0.717, 1.165) is 12.1 Å². The fourth-order valence-corrected chi connectivity index (χ4v) is 1.35. The van der Waals surface area contributed by atoms with Crippen LogP contribution in [-0.2, 0) is 0 Å². The monoisotopic (exact) mass is 255 g/mol. The van der Waals surface area contributed by atoms with Crippen LogP contribution in [-0.4, -0.2) is 20.1 Å². The van der Waals surface area contributed by atoms with Crippen LogP contribution in [0.15, 0.2) is 18.2 Å². The summed E-state index contributed by atoms with van der Waals surface area (Å²) in [5.41, 5.74) is -0.302. The maximum atomic E-state index is 13.4. The van der Waals surface area contributed by atoms with E-state index < -0.39 is 30.6 Å². The molecule has 96 valence electrons. The van der Waals surface area contributed by atoms with E-state index >= 15 is 0 Å². The molecule has 1 rings (SSSR count). The number of nitrogens with one attached hydrogen (secondary N) is 1. The molecule has 0 aliphatic carbocycles. The lowest BCUT2D eigenvalue weighted by Crippen LogP contribution is -2.24. The van der Waals surface area contributed by atoms with Crippen LogP contribution < -0.4 is 10.1 Å². The van der Waals surface area contributed by atoms with E-state index in [0.29, 0.717) is 6.07 Å². The van der Waals surface area contributed by atoms with E-state index in [1.165, 1.54) is 7.05 Å². The van der Waals surface area contributed by atoms with Gasteiger partial charge in [-0.2, -0.15) is 8.78 Å². The second-order valence-electron chi connectivity index (χ2n) is 3.16. The molecule has 0 unspecified atom stereocenters. The quantitative estimate of drug-likeness (QED) is 0.817. The second kappa shape index (κ2) is 5.81. The molecule has 2 nitrogen and oxygen atoms in total. The highest BCUT2D eigenvalue weighted by molar-refractivity contribution is 5.31. The summed E-state index contributed by atoms with van der Waals surface area (Å²) in [6.45, 7) is -3.09. The Morgan fingerprint density at radius 3 is 2.24 bits per heavy atom. The molecule has 1 aromatic carbocycles. The molecule has 0 saturated heterocycles. The third-order valence-corrected chi connectivity index (χ3v) is 2.10. The smallest absolute Gasteiger partial charge is 0.387 e. The van der Waals surface area contributed by atoms with Gasteiger partial charge in [0.1, 0.15) is 11.6 Å². The van der Waals surface area contributed by atoms with Gasteiger partial charge in [0, 0.05) is 11.6 Å². The molecule has 0 amide bonds. The minimum absolute atomic E-state index is 0.302. The fraction of sp³-hybridized carbons (Fsp3) is 0.400. The van der Waals surface area contributed by atoms with Crippen molar-refractivity contribution in [2.45, 2.75) is 19.1 Å². The third kappa shape index (κ3) is 3.55. The van der Waals surface area contributed by atoms with Crippen LogP contribution in [0.5, 0.6) is 5.75 Å². The van der Waals surface area contributed by atoms with E-state index in [4.69, 9.17) is 0 Å². The Bertz CT molecular complexity index is 372. The standard InChI is InChI=1S/C10H10F5NO/c1-16-8(9(12)13)6-3-2-5(4-7(6)11)17-10(14)15/h2-4,8-10,16H,1H3/t8-/m0/s1. The second-order valence-corrected chi connectivity index (χ2v) is 3.16. The van der Waals surface area contributed by atoms with Gasteiger partial charge in [-0.1, -0.05) is 6.07 Å². The Balaban J connectivity index is 2.96. The fourth-order valence-electron chi connectivity index (χ4n) is 1.35. The van der Waals surface area contributed by atoms with E-state index in [2.05, 4.69) is 10.1 Å². The first kappa shape index (κ1) is 13.7. The summed E-state index contributed by atoms with van der Waals surface area (Å²) in [7, 11) is 1.25. The number of hydrogen-bond donors (Lipinski definition) is 1. The highest BCUT2D eigenvalue weighted by atomic mass is 19.3. The zero-order chi connectivity index (χ0) is 13.0. The van der Waals surface area contributed by atoms with Gasteiger partial charge in [0.05, 0.1) is 6.04 Å². The SMILES string of the molecule is CN[C@@H](c1ccc(OC(F)F)cc1F)C(F)F. The molecule has 17 heavy (non-hydrogen) atoms. The molecule has 0 aliphatic heterocycles. The number of alkyl halides is 4. The van der Waals surface area contributed by atoms with E-state index in [1.807, 2.05) is 0 Å². The van der Waals surface area contributed by atoms with Crippen LogP contribution >= 0.6 is 0 Å². The Morgan fingerprint density at radius 2 is 1.82 bits per heavy atom. The normalized spacial score (nSPS) is 13.2. The molecule has 0 saturated carbocycles. The maximum absolute atomic E-state index is 13.4. The van der Waals surface area contributed by atoms with Crippen LogP contribution in [0.25, 0.3) is 0 Å². The van der Waals surface area contributed by atoms with Gasteiger partial charge in [-0.25, -0.2) is 13.2 Å². The van der Waals surface area contributed by atoms with Crippen molar-refractivity contribution in [3.8, 4) is 5.75 Å². The largest absolute Gasteiger partial charge is 0.435 e. The van der Waals surface area contributed by atoms with Crippen molar-refractivity contribution in [3.05, 3.63) is 29.6 Å². The third-order valence-electron chi connectivity index (χ3n) is 2.10. The number of rotatable bonds is 5. The van der Waals surface area contributed by atoms with Gasteiger partial charge in [-0.05, 0) is 13.1 Å². The average Bonchev–Trinajstić information content (AvgIpc) is 2.20. The number of halogens is 5. The Hall–Kier alpha value is -1.37. The zero-order valence-electron chi connectivity index (χ0n) is 8.76. The lowest BCUT2D eigenvalue weighted by atomic mass is 10.1. The topological polar surface area (TPSA) is 21.3 Å². The van der Waals surface area contributed by atoms with E-state index in [9.17, 15) is 22.0 Å². The molecule has 0 aliphatic rings. The van der Waals surface area contributed by atoms with Gasteiger partial charge in [0.25, 0.3) is 6.43 Å². The molecule has 0 aromatic heterocycles. The lowest BCUT2D eigenvalue weighted by Gasteiger charge is -2.16. The molecule has 1 atom stereocenters. The van der Waals surface area contributed by atoms with Gasteiger partial charge >= 0.3 is 6.61 Å². The first-order chi connectivity index (χ1) is 7.95. The number of hydrogen-bond acceptors (Lipinski definition) is 2. The first-order valence-corrected chi connectivity index (χ1v) is 4.65. The van der Waals surface area contributed by atoms with Crippen molar-refractivity contribution in [1.82, 2.24) is 5.32 Å². The van der Waals surface area contributed by atoms with Crippen LogP contribution in [0.3, 0.4) is 0 Å². The minimum atomic E-state index is -3.09. The van der Waals surface area contributed by atoms with Crippen LogP contribution in [0, 0.1) is 5.82 Å². The highest BCUT2D eigenvalue weighted by Gasteiger charge is 2.23. The van der Waals surface area contributed by atoms with Crippen molar-refractivity contribution in [1.29, 1.82) is 0 Å². The van der Waals surface area contributed by atoms with Gasteiger partial charge in [-0.3, -0.25) is 0 Å². The molecule has 0 radical (unpaired) electrons. The van der Waals surface area contributed by atoms with Crippen molar-refractivity contribution < 1.29 is 26.7 Å². The summed E-state index contributed by atoms with van der Waals surface area (Å²) in [5, 5.41) is 2.24. The summed E-state index contributed by atoms with van der Waals surface area (Å²) >= 11 is 0. The predicted molar refractivity (Wildman–Crippen MR) is 50.8 cm³/mol. The molecule has 0 spiro atoms. The molecule has 7 heteroatoms. The van der Waals surface area contributed by atoms with Gasteiger partial charge in [0.2, 0.25) is 0 Å². The van der Waals surface area contributed by atoms with Crippen molar-refractivity contribution >= 4 is 0 Å². The first-order valence-electron chi connectivity index (χ1n) is 4.65. The summed E-state index contributed by atoms with van der Waals surface area (Å²) in [4.78, 5) is 0. The van der Waals surface area contributed by atoms with E-state index in [1.54, 1.807) is 0 Å². The van der Waals surface area contributed by atoms with Crippen LogP contribution in [0.4, 0.5) is 22.0 Å². The summed E-state index contributed by atoms with van der Waals surface area (Å²) in [6.07, 6.45) is -2.81. The van der Waals surface area contributed by atoms with Crippen LogP contribution in [0.1, 0.15) is 11.6 Å². The maximum Gasteiger partial charge on any atom is 0.387 e.